The van der Waals surface area contributed by atoms with Gasteiger partial charge < -0.3 is 0 Å². The largest absolute Gasteiger partial charge is 0.389 e. The van der Waals surface area contributed by atoms with Gasteiger partial charge in [-0.1, -0.05) is 0 Å². The van der Waals surface area contributed by atoms with E-state index >= 15 is 0 Å². The van der Waals surface area contributed by atoms with Crippen molar-refractivity contribution in [2.24, 2.45) is 11.8 Å². The fraction of sp³-hybridized carbons (Fsp3) is 0.667. The zero-order chi connectivity index (χ0) is 10.1. The van der Waals surface area contributed by atoms with Crippen molar-refractivity contribution in [2.45, 2.75) is 25.4 Å². The van der Waals surface area contributed by atoms with Crippen molar-refractivity contribution in [1.82, 2.24) is 0 Å². The minimum absolute atomic E-state index is 0.0195. The van der Waals surface area contributed by atoms with Gasteiger partial charge in [-0.3, -0.25) is 4.79 Å². The maximum atomic E-state index is 12.0. The Morgan fingerprint density at radius 1 is 1.46 bits per heavy atom. The SMILES string of the molecule is C#CC1CC(=O)CC1CC(F)(F)F. The molecule has 0 heterocycles. The van der Waals surface area contributed by atoms with Gasteiger partial charge in [0.15, 0.2) is 0 Å². The highest BCUT2D eigenvalue weighted by Crippen LogP contribution is 2.37. The Balaban J connectivity index is 2.60. The van der Waals surface area contributed by atoms with Gasteiger partial charge in [-0.15, -0.1) is 12.3 Å². The average molecular weight is 190 g/mol. The summed E-state index contributed by atoms with van der Waals surface area (Å²) in [5.74, 6) is 0.875. The lowest BCUT2D eigenvalue weighted by Crippen LogP contribution is -2.17. The minimum Gasteiger partial charge on any atom is -0.300 e. The second-order valence-corrected chi connectivity index (χ2v) is 3.30. The summed E-state index contributed by atoms with van der Waals surface area (Å²) < 4.78 is 35.9. The average Bonchev–Trinajstić information content (AvgIpc) is 2.27. The molecule has 1 nitrogen and oxygen atoms in total. The number of carbonyl (C=O) groups excluding carboxylic acids is 1. The van der Waals surface area contributed by atoms with E-state index in [1.165, 1.54) is 0 Å². The molecule has 4 heteroatoms. The van der Waals surface area contributed by atoms with Crippen molar-refractivity contribution in [1.29, 1.82) is 0 Å². The summed E-state index contributed by atoms with van der Waals surface area (Å²) in [5.41, 5.74) is 0. The standard InChI is InChI=1S/C9H9F3O/c1-2-6-3-8(13)4-7(6)5-9(10,11)12/h1,6-7H,3-5H2. The predicted octanol–water partition coefficient (Wildman–Crippen LogP) is 2.17. The summed E-state index contributed by atoms with van der Waals surface area (Å²) in [7, 11) is 0. The third kappa shape index (κ3) is 2.76. The summed E-state index contributed by atoms with van der Waals surface area (Å²) in [5, 5.41) is 0. The molecule has 1 rings (SSSR count). The van der Waals surface area contributed by atoms with Crippen LogP contribution in [0.25, 0.3) is 0 Å². The lowest BCUT2D eigenvalue weighted by molar-refractivity contribution is -0.145. The fourth-order valence-corrected chi connectivity index (χ4v) is 1.64. The molecule has 2 unspecified atom stereocenters. The highest BCUT2D eigenvalue weighted by atomic mass is 19.4. The quantitative estimate of drug-likeness (QED) is 0.579. The van der Waals surface area contributed by atoms with Crippen LogP contribution < -0.4 is 0 Å². The van der Waals surface area contributed by atoms with Gasteiger partial charge in [-0.05, 0) is 5.92 Å². The lowest BCUT2D eigenvalue weighted by Gasteiger charge is -2.15. The van der Waals surface area contributed by atoms with E-state index in [1.54, 1.807) is 0 Å². The molecular formula is C9H9F3O. The number of hydrogen-bond donors (Lipinski definition) is 0. The first-order chi connectivity index (χ1) is 5.92. The maximum Gasteiger partial charge on any atom is 0.389 e. The Bertz CT molecular complexity index is 249. The molecule has 1 fully saturated rings. The van der Waals surface area contributed by atoms with Crippen molar-refractivity contribution < 1.29 is 18.0 Å². The second-order valence-electron chi connectivity index (χ2n) is 3.30. The van der Waals surface area contributed by atoms with Gasteiger partial charge in [0.05, 0.1) is 0 Å². The first-order valence-corrected chi connectivity index (χ1v) is 3.97. The number of halogens is 3. The Kier molecular flexibility index (Phi) is 2.65. The van der Waals surface area contributed by atoms with Crippen molar-refractivity contribution in [2.75, 3.05) is 0 Å². The molecule has 1 aliphatic rings. The molecule has 0 N–H and O–H groups in total. The molecule has 0 aromatic heterocycles. The van der Waals surface area contributed by atoms with E-state index < -0.39 is 24.4 Å². The summed E-state index contributed by atoms with van der Waals surface area (Å²) in [4.78, 5) is 10.8. The molecule has 1 aliphatic carbocycles. The molecule has 0 aromatic carbocycles. The van der Waals surface area contributed by atoms with Gasteiger partial charge >= 0.3 is 6.18 Å². The normalized spacial score (nSPS) is 28.9. The highest BCUT2D eigenvalue weighted by Gasteiger charge is 2.40. The van der Waals surface area contributed by atoms with Crippen LogP contribution in [0.2, 0.25) is 0 Å². The number of rotatable bonds is 1. The van der Waals surface area contributed by atoms with Gasteiger partial charge in [-0.25, -0.2) is 0 Å². The van der Waals surface area contributed by atoms with Gasteiger partial charge in [0.1, 0.15) is 5.78 Å². The second kappa shape index (κ2) is 3.41. The highest BCUT2D eigenvalue weighted by molar-refractivity contribution is 5.81. The van der Waals surface area contributed by atoms with Crippen LogP contribution in [0.5, 0.6) is 0 Å². The smallest absolute Gasteiger partial charge is 0.300 e. The number of alkyl halides is 3. The number of Topliss-reactive ketones (excluding diaryl/α,β-unsaturated/α-hetero) is 1. The fourth-order valence-electron chi connectivity index (χ4n) is 1.64. The molecule has 0 aromatic rings. The monoisotopic (exact) mass is 190 g/mol. The van der Waals surface area contributed by atoms with Crippen molar-refractivity contribution >= 4 is 5.78 Å². The molecule has 0 bridgehead atoms. The molecule has 1 saturated carbocycles. The number of ketones is 1. The van der Waals surface area contributed by atoms with E-state index in [1.807, 2.05) is 0 Å². The summed E-state index contributed by atoms with van der Waals surface area (Å²) in [6.45, 7) is 0. The van der Waals surface area contributed by atoms with Crippen molar-refractivity contribution in [3.8, 4) is 12.3 Å². The topological polar surface area (TPSA) is 17.1 Å². The van der Waals surface area contributed by atoms with Crippen LogP contribution in [-0.2, 0) is 4.79 Å². The van der Waals surface area contributed by atoms with Crippen LogP contribution in [0.3, 0.4) is 0 Å². The van der Waals surface area contributed by atoms with Gasteiger partial charge in [-0.2, -0.15) is 13.2 Å². The molecule has 0 aliphatic heterocycles. The number of terminal acetylenes is 1. The van der Waals surface area contributed by atoms with E-state index in [0.717, 1.165) is 0 Å². The third-order valence-corrected chi connectivity index (χ3v) is 2.21. The molecular weight excluding hydrogens is 181 g/mol. The first-order valence-electron chi connectivity index (χ1n) is 3.97. The lowest BCUT2D eigenvalue weighted by atomic mass is 9.93. The van der Waals surface area contributed by atoms with Crippen LogP contribution in [0.4, 0.5) is 13.2 Å². The molecule has 0 spiro atoms. The van der Waals surface area contributed by atoms with Crippen LogP contribution in [0.1, 0.15) is 19.3 Å². The Labute approximate surface area is 74.3 Å². The molecule has 0 radical (unpaired) electrons. The molecule has 72 valence electrons. The predicted molar refractivity (Wildman–Crippen MR) is 40.7 cm³/mol. The van der Waals surface area contributed by atoms with E-state index in [0.29, 0.717) is 0 Å². The first kappa shape index (κ1) is 10.1. The van der Waals surface area contributed by atoms with Crippen LogP contribution in [0, 0.1) is 24.2 Å². The van der Waals surface area contributed by atoms with Crippen molar-refractivity contribution in [3.63, 3.8) is 0 Å². The molecule has 0 amide bonds. The zero-order valence-corrected chi connectivity index (χ0v) is 6.90. The summed E-state index contributed by atoms with van der Waals surface area (Å²) in [6, 6.07) is 0. The minimum atomic E-state index is -4.22. The van der Waals surface area contributed by atoms with E-state index in [9.17, 15) is 18.0 Å². The van der Waals surface area contributed by atoms with E-state index in [-0.39, 0.29) is 18.6 Å². The zero-order valence-electron chi connectivity index (χ0n) is 6.90. The van der Waals surface area contributed by atoms with Crippen molar-refractivity contribution in [3.05, 3.63) is 0 Å². The van der Waals surface area contributed by atoms with Gasteiger partial charge in [0, 0.05) is 25.2 Å². The summed E-state index contributed by atoms with van der Waals surface area (Å²) >= 11 is 0. The van der Waals surface area contributed by atoms with E-state index in [2.05, 4.69) is 5.92 Å². The molecule has 0 saturated heterocycles. The Morgan fingerprint density at radius 3 is 2.54 bits per heavy atom. The van der Waals surface area contributed by atoms with Crippen LogP contribution in [0.15, 0.2) is 0 Å². The van der Waals surface area contributed by atoms with Gasteiger partial charge in [0.2, 0.25) is 0 Å². The number of carbonyl (C=O) groups is 1. The number of hydrogen-bond acceptors (Lipinski definition) is 1. The molecule has 2 atom stereocenters. The maximum absolute atomic E-state index is 12.0. The third-order valence-electron chi connectivity index (χ3n) is 2.21. The van der Waals surface area contributed by atoms with E-state index in [4.69, 9.17) is 6.42 Å². The van der Waals surface area contributed by atoms with Crippen LogP contribution in [-0.4, -0.2) is 12.0 Å². The van der Waals surface area contributed by atoms with Crippen LogP contribution >= 0.6 is 0 Å². The molecule has 13 heavy (non-hydrogen) atoms. The van der Waals surface area contributed by atoms with Gasteiger partial charge in [0.25, 0.3) is 0 Å². The summed E-state index contributed by atoms with van der Waals surface area (Å²) in [6.07, 6.45) is -0.0302. The Morgan fingerprint density at radius 2 is 2.08 bits per heavy atom. The Hall–Kier alpha value is -0.980.